The maximum atomic E-state index is 12.5. The predicted octanol–water partition coefficient (Wildman–Crippen LogP) is 6.09. The lowest BCUT2D eigenvalue weighted by molar-refractivity contribution is -0.116. The summed E-state index contributed by atoms with van der Waals surface area (Å²) in [4.78, 5) is 24.4. The summed E-state index contributed by atoms with van der Waals surface area (Å²) in [7, 11) is 0. The molecule has 1 heterocycles. The fourth-order valence-electron chi connectivity index (χ4n) is 2.66. The SMILES string of the molecule is CCCCC(=O)Nc1cccc(NC(=O)c2ccc(-c3ccc(Br)cc3)o2)c1. The molecule has 28 heavy (non-hydrogen) atoms. The predicted molar refractivity (Wildman–Crippen MR) is 114 cm³/mol. The summed E-state index contributed by atoms with van der Waals surface area (Å²) in [5.74, 6) is 0.457. The van der Waals surface area contributed by atoms with Crippen LogP contribution in [0.3, 0.4) is 0 Å². The molecule has 5 nitrogen and oxygen atoms in total. The standard InChI is InChI=1S/C22H21BrN2O3/c1-2-3-7-21(26)24-17-5-4-6-18(14-17)25-22(27)20-13-12-19(28-20)15-8-10-16(23)11-9-15/h4-6,8-14H,2-3,7H2,1H3,(H,24,26)(H,25,27). The van der Waals surface area contributed by atoms with Gasteiger partial charge in [-0.1, -0.05) is 47.5 Å². The Morgan fingerprint density at radius 3 is 2.39 bits per heavy atom. The summed E-state index contributed by atoms with van der Waals surface area (Å²) < 4.78 is 6.66. The van der Waals surface area contributed by atoms with Gasteiger partial charge in [-0.05, 0) is 48.9 Å². The molecule has 2 N–H and O–H groups in total. The van der Waals surface area contributed by atoms with E-state index in [2.05, 4.69) is 26.6 Å². The second kappa shape index (κ2) is 9.37. The molecule has 2 amide bonds. The molecule has 0 aliphatic rings. The summed E-state index contributed by atoms with van der Waals surface area (Å²) in [5, 5.41) is 5.64. The molecule has 0 atom stereocenters. The van der Waals surface area contributed by atoms with Gasteiger partial charge in [0.1, 0.15) is 5.76 Å². The first-order chi connectivity index (χ1) is 13.5. The highest BCUT2D eigenvalue weighted by atomic mass is 79.9. The van der Waals surface area contributed by atoms with Gasteiger partial charge in [-0.15, -0.1) is 0 Å². The fourth-order valence-corrected chi connectivity index (χ4v) is 2.92. The topological polar surface area (TPSA) is 71.3 Å². The lowest BCUT2D eigenvalue weighted by Gasteiger charge is -2.08. The maximum absolute atomic E-state index is 12.5. The van der Waals surface area contributed by atoms with Crippen molar-refractivity contribution in [1.82, 2.24) is 0 Å². The zero-order valence-corrected chi connectivity index (χ0v) is 17.1. The van der Waals surface area contributed by atoms with Gasteiger partial charge in [0.25, 0.3) is 5.91 Å². The molecule has 0 unspecified atom stereocenters. The van der Waals surface area contributed by atoms with Crippen molar-refractivity contribution in [3.05, 3.63) is 70.9 Å². The molecule has 3 rings (SSSR count). The molecule has 3 aromatic rings. The molecule has 0 aliphatic carbocycles. The van der Waals surface area contributed by atoms with E-state index in [1.165, 1.54) is 0 Å². The van der Waals surface area contributed by atoms with Crippen LogP contribution >= 0.6 is 15.9 Å². The molecule has 6 heteroatoms. The number of carbonyl (C=O) groups is 2. The van der Waals surface area contributed by atoms with Gasteiger partial charge in [-0.3, -0.25) is 9.59 Å². The van der Waals surface area contributed by atoms with Crippen LogP contribution in [0, 0.1) is 0 Å². The lowest BCUT2D eigenvalue weighted by atomic mass is 10.2. The number of halogens is 1. The Morgan fingerprint density at radius 1 is 0.964 bits per heavy atom. The van der Waals surface area contributed by atoms with Crippen LogP contribution in [0.1, 0.15) is 36.7 Å². The molecule has 0 spiro atoms. The number of benzene rings is 2. The number of rotatable bonds is 7. The highest BCUT2D eigenvalue weighted by molar-refractivity contribution is 9.10. The molecule has 144 valence electrons. The van der Waals surface area contributed by atoms with E-state index in [0.29, 0.717) is 23.6 Å². The smallest absolute Gasteiger partial charge is 0.291 e. The molecular formula is C22H21BrN2O3. The molecule has 2 aromatic carbocycles. The van der Waals surface area contributed by atoms with E-state index >= 15 is 0 Å². The van der Waals surface area contributed by atoms with Crippen molar-refractivity contribution >= 4 is 39.1 Å². The maximum Gasteiger partial charge on any atom is 0.291 e. The first kappa shape index (κ1) is 19.9. The minimum absolute atomic E-state index is 0.0319. The van der Waals surface area contributed by atoms with Crippen LogP contribution in [0.4, 0.5) is 11.4 Å². The summed E-state index contributed by atoms with van der Waals surface area (Å²) in [6.45, 7) is 2.04. The van der Waals surface area contributed by atoms with Gasteiger partial charge in [0.15, 0.2) is 5.76 Å². The summed E-state index contributed by atoms with van der Waals surface area (Å²) in [5.41, 5.74) is 2.12. The lowest BCUT2D eigenvalue weighted by Crippen LogP contribution is -2.13. The van der Waals surface area contributed by atoms with Gasteiger partial charge in [0.2, 0.25) is 5.91 Å². The van der Waals surface area contributed by atoms with Crippen molar-refractivity contribution in [2.75, 3.05) is 10.6 Å². The molecule has 0 fully saturated rings. The number of hydrogen-bond donors (Lipinski definition) is 2. The van der Waals surface area contributed by atoms with E-state index in [1.807, 2.05) is 31.2 Å². The molecule has 1 aromatic heterocycles. The number of furan rings is 1. The molecule has 0 saturated heterocycles. The summed E-state index contributed by atoms with van der Waals surface area (Å²) in [6, 6.07) is 18.1. The third-order valence-electron chi connectivity index (χ3n) is 4.12. The Labute approximate surface area is 172 Å². The largest absolute Gasteiger partial charge is 0.451 e. The second-order valence-electron chi connectivity index (χ2n) is 6.36. The van der Waals surface area contributed by atoms with Gasteiger partial charge in [-0.2, -0.15) is 0 Å². The Bertz CT molecular complexity index is 964. The van der Waals surface area contributed by atoms with Gasteiger partial charge >= 0.3 is 0 Å². The highest BCUT2D eigenvalue weighted by Crippen LogP contribution is 2.25. The van der Waals surface area contributed by atoms with E-state index < -0.39 is 0 Å². The molecule has 0 saturated carbocycles. The average Bonchev–Trinajstić information content (AvgIpc) is 3.17. The van der Waals surface area contributed by atoms with Crippen LogP contribution in [0.15, 0.2) is 69.6 Å². The van der Waals surface area contributed by atoms with Gasteiger partial charge in [0, 0.05) is 27.8 Å². The zero-order chi connectivity index (χ0) is 19.9. The van der Waals surface area contributed by atoms with Crippen molar-refractivity contribution in [2.24, 2.45) is 0 Å². The van der Waals surface area contributed by atoms with Crippen LogP contribution in [0.2, 0.25) is 0 Å². The van der Waals surface area contributed by atoms with Crippen LogP contribution in [-0.2, 0) is 4.79 Å². The van der Waals surface area contributed by atoms with E-state index in [4.69, 9.17) is 4.42 Å². The minimum Gasteiger partial charge on any atom is -0.451 e. The van der Waals surface area contributed by atoms with Gasteiger partial charge in [-0.25, -0.2) is 0 Å². The Kier molecular flexibility index (Phi) is 6.66. The second-order valence-corrected chi connectivity index (χ2v) is 7.27. The van der Waals surface area contributed by atoms with Crippen molar-refractivity contribution in [1.29, 1.82) is 0 Å². The highest BCUT2D eigenvalue weighted by Gasteiger charge is 2.13. The quantitative estimate of drug-likeness (QED) is 0.466. The number of nitrogens with one attached hydrogen (secondary N) is 2. The van der Waals surface area contributed by atoms with E-state index in [-0.39, 0.29) is 17.6 Å². The van der Waals surface area contributed by atoms with Crippen LogP contribution in [0.25, 0.3) is 11.3 Å². The third-order valence-corrected chi connectivity index (χ3v) is 4.65. The monoisotopic (exact) mass is 440 g/mol. The normalized spacial score (nSPS) is 10.5. The fraction of sp³-hybridized carbons (Fsp3) is 0.182. The van der Waals surface area contributed by atoms with E-state index in [9.17, 15) is 9.59 Å². The van der Waals surface area contributed by atoms with E-state index in [0.717, 1.165) is 22.9 Å². The number of anilines is 2. The first-order valence-corrected chi connectivity index (χ1v) is 9.91. The summed E-state index contributed by atoms with van der Waals surface area (Å²) in [6.07, 6.45) is 2.30. The number of unbranched alkanes of at least 4 members (excludes halogenated alkanes) is 1. The Balaban J connectivity index is 1.65. The van der Waals surface area contributed by atoms with Gasteiger partial charge in [0.05, 0.1) is 0 Å². The van der Waals surface area contributed by atoms with Gasteiger partial charge < -0.3 is 15.1 Å². The van der Waals surface area contributed by atoms with Crippen molar-refractivity contribution in [3.8, 4) is 11.3 Å². The summed E-state index contributed by atoms with van der Waals surface area (Å²) >= 11 is 3.40. The van der Waals surface area contributed by atoms with Crippen molar-refractivity contribution in [3.63, 3.8) is 0 Å². The Morgan fingerprint density at radius 2 is 1.68 bits per heavy atom. The minimum atomic E-state index is -0.349. The molecule has 0 radical (unpaired) electrons. The molecule has 0 bridgehead atoms. The average molecular weight is 441 g/mol. The zero-order valence-electron chi connectivity index (χ0n) is 15.5. The van der Waals surface area contributed by atoms with Crippen LogP contribution in [-0.4, -0.2) is 11.8 Å². The third kappa shape index (κ3) is 5.33. The number of carbonyl (C=O) groups excluding carboxylic acids is 2. The van der Waals surface area contributed by atoms with Crippen LogP contribution < -0.4 is 10.6 Å². The van der Waals surface area contributed by atoms with Crippen molar-refractivity contribution < 1.29 is 14.0 Å². The number of amides is 2. The van der Waals surface area contributed by atoms with E-state index in [1.54, 1.807) is 36.4 Å². The van der Waals surface area contributed by atoms with Crippen molar-refractivity contribution in [2.45, 2.75) is 26.2 Å². The Hall–Kier alpha value is -2.86. The molecule has 0 aliphatic heterocycles. The number of hydrogen-bond acceptors (Lipinski definition) is 3. The molecular weight excluding hydrogens is 420 g/mol. The first-order valence-electron chi connectivity index (χ1n) is 9.12. The van der Waals surface area contributed by atoms with Crippen LogP contribution in [0.5, 0.6) is 0 Å².